The standard InChI is InChI=1S/C23H41N3O3/c1-3-24-22(25-20-16-21(27-4-2)23(20)11-7-12-23)26-13-9-18(10-14-26)29-17-19-8-5-6-15-28-19/h18-21H,3-17H2,1-2H3,(H,24,25). The summed E-state index contributed by atoms with van der Waals surface area (Å²) in [7, 11) is 0. The summed E-state index contributed by atoms with van der Waals surface area (Å²) >= 11 is 0. The molecule has 0 aromatic carbocycles. The lowest BCUT2D eigenvalue weighted by atomic mass is 9.51. The molecule has 1 spiro atoms. The highest BCUT2D eigenvalue weighted by Crippen LogP contribution is 2.57. The number of rotatable bonds is 7. The quantitative estimate of drug-likeness (QED) is 0.518. The molecule has 4 aliphatic rings. The molecule has 2 saturated heterocycles. The van der Waals surface area contributed by atoms with E-state index in [0.29, 0.717) is 29.8 Å². The van der Waals surface area contributed by atoms with Crippen molar-refractivity contribution in [1.29, 1.82) is 0 Å². The molecule has 0 radical (unpaired) electrons. The zero-order chi connectivity index (χ0) is 20.1. The molecular formula is C23H41N3O3. The number of ether oxygens (including phenoxy) is 3. The maximum absolute atomic E-state index is 6.20. The maximum atomic E-state index is 6.20. The van der Waals surface area contributed by atoms with Gasteiger partial charge in [0, 0.05) is 44.3 Å². The van der Waals surface area contributed by atoms with Crippen LogP contribution in [0.5, 0.6) is 0 Å². The van der Waals surface area contributed by atoms with E-state index in [0.717, 1.165) is 71.1 Å². The van der Waals surface area contributed by atoms with E-state index in [4.69, 9.17) is 19.2 Å². The van der Waals surface area contributed by atoms with E-state index >= 15 is 0 Å². The monoisotopic (exact) mass is 407 g/mol. The van der Waals surface area contributed by atoms with Crippen molar-refractivity contribution in [1.82, 2.24) is 10.2 Å². The normalized spacial score (nSPS) is 32.7. The number of aliphatic imine (C=N–C) groups is 1. The van der Waals surface area contributed by atoms with Gasteiger partial charge in [0.2, 0.25) is 0 Å². The summed E-state index contributed by atoms with van der Waals surface area (Å²) in [5.41, 5.74) is 0.367. The van der Waals surface area contributed by atoms with Gasteiger partial charge in [-0.2, -0.15) is 0 Å². The van der Waals surface area contributed by atoms with Crippen LogP contribution < -0.4 is 5.32 Å². The minimum Gasteiger partial charge on any atom is -0.378 e. The number of piperidine rings is 1. The Morgan fingerprint density at radius 1 is 1.10 bits per heavy atom. The third-order valence-corrected chi connectivity index (χ3v) is 7.58. The molecule has 29 heavy (non-hydrogen) atoms. The molecule has 0 aromatic heterocycles. The van der Waals surface area contributed by atoms with Crippen LogP contribution in [0.4, 0.5) is 0 Å². The Morgan fingerprint density at radius 3 is 2.55 bits per heavy atom. The van der Waals surface area contributed by atoms with Crippen LogP contribution >= 0.6 is 0 Å². The number of guanidine groups is 1. The first-order valence-corrected chi connectivity index (χ1v) is 12.2. The Bertz CT molecular complexity index is 537. The molecule has 2 heterocycles. The minimum absolute atomic E-state index is 0.316. The zero-order valence-corrected chi connectivity index (χ0v) is 18.5. The first-order chi connectivity index (χ1) is 14.2. The van der Waals surface area contributed by atoms with Gasteiger partial charge in [0.1, 0.15) is 0 Å². The van der Waals surface area contributed by atoms with Gasteiger partial charge in [-0.15, -0.1) is 0 Å². The summed E-state index contributed by atoms with van der Waals surface area (Å²) in [5.74, 6) is 1.10. The SMILES string of the molecule is CCN=C(NC1CC(OCC)C12CCC2)N1CCC(OCC2CCCCO2)CC1. The van der Waals surface area contributed by atoms with Gasteiger partial charge in [-0.05, 0) is 65.2 Å². The van der Waals surface area contributed by atoms with Crippen molar-refractivity contribution >= 4 is 5.96 Å². The molecule has 2 aliphatic carbocycles. The smallest absolute Gasteiger partial charge is 0.194 e. The molecule has 166 valence electrons. The number of nitrogens with one attached hydrogen (secondary N) is 1. The second-order valence-electron chi connectivity index (χ2n) is 9.27. The fraction of sp³-hybridized carbons (Fsp3) is 0.957. The van der Waals surface area contributed by atoms with Crippen molar-refractivity contribution in [2.24, 2.45) is 10.4 Å². The summed E-state index contributed by atoms with van der Waals surface area (Å²) in [6, 6.07) is 0.524. The Hall–Kier alpha value is -0.850. The molecule has 6 nitrogen and oxygen atoms in total. The molecule has 0 amide bonds. The first kappa shape index (κ1) is 21.4. The van der Waals surface area contributed by atoms with E-state index in [1.807, 2.05) is 0 Å². The van der Waals surface area contributed by atoms with Crippen LogP contribution in [0.15, 0.2) is 4.99 Å². The van der Waals surface area contributed by atoms with Crippen LogP contribution in [0.25, 0.3) is 0 Å². The Morgan fingerprint density at radius 2 is 1.93 bits per heavy atom. The van der Waals surface area contributed by atoms with Crippen LogP contribution in [0, 0.1) is 5.41 Å². The van der Waals surface area contributed by atoms with Gasteiger partial charge >= 0.3 is 0 Å². The van der Waals surface area contributed by atoms with Crippen molar-refractivity contribution in [3.63, 3.8) is 0 Å². The number of hydrogen-bond donors (Lipinski definition) is 1. The summed E-state index contributed by atoms with van der Waals surface area (Å²) in [6.07, 6.45) is 12.0. The molecule has 3 unspecified atom stereocenters. The first-order valence-electron chi connectivity index (χ1n) is 12.2. The fourth-order valence-electron chi connectivity index (χ4n) is 5.60. The highest BCUT2D eigenvalue weighted by molar-refractivity contribution is 5.80. The van der Waals surface area contributed by atoms with Crippen molar-refractivity contribution in [3.05, 3.63) is 0 Å². The van der Waals surface area contributed by atoms with Crippen LogP contribution in [0.3, 0.4) is 0 Å². The summed E-state index contributed by atoms with van der Waals surface area (Å²) in [6.45, 7) is 9.62. The Labute approximate surface area is 176 Å². The van der Waals surface area contributed by atoms with Gasteiger partial charge in [0.15, 0.2) is 5.96 Å². The summed E-state index contributed by atoms with van der Waals surface area (Å²) in [5, 5.41) is 3.84. The van der Waals surface area contributed by atoms with Crippen molar-refractivity contribution < 1.29 is 14.2 Å². The molecule has 0 aromatic rings. The predicted molar refractivity (Wildman–Crippen MR) is 115 cm³/mol. The third kappa shape index (κ3) is 4.75. The molecule has 0 bridgehead atoms. The Kier molecular flexibility index (Phi) is 7.35. The maximum Gasteiger partial charge on any atom is 0.194 e. The predicted octanol–water partition coefficient (Wildman–Crippen LogP) is 3.35. The molecule has 3 atom stereocenters. The van der Waals surface area contributed by atoms with E-state index in [1.54, 1.807) is 0 Å². The van der Waals surface area contributed by atoms with Crippen LogP contribution in [-0.2, 0) is 14.2 Å². The average Bonchev–Trinajstić information content (AvgIpc) is 2.71. The molecule has 2 saturated carbocycles. The van der Waals surface area contributed by atoms with Crippen molar-refractivity contribution in [2.75, 3.05) is 39.5 Å². The van der Waals surface area contributed by atoms with Gasteiger partial charge in [0.25, 0.3) is 0 Å². The van der Waals surface area contributed by atoms with Crippen LogP contribution in [0.2, 0.25) is 0 Å². The second-order valence-corrected chi connectivity index (χ2v) is 9.27. The van der Waals surface area contributed by atoms with Gasteiger partial charge in [-0.3, -0.25) is 4.99 Å². The van der Waals surface area contributed by atoms with E-state index in [2.05, 4.69) is 24.1 Å². The second kappa shape index (κ2) is 9.97. The zero-order valence-electron chi connectivity index (χ0n) is 18.5. The molecule has 4 fully saturated rings. The van der Waals surface area contributed by atoms with E-state index in [1.165, 1.54) is 32.1 Å². The topological polar surface area (TPSA) is 55.3 Å². The lowest BCUT2D eigenvalue weighted by Gasteiger charge is -2.61. The van der Waals surface area contributed by atoms with Gasteiger partial charge in [-0.1, -0.05) is 6.42 Å². The number of hydrogen-bond acceptors (Lipinski definition) is 4. The van der Waals surface area contributed by atoms with Gasteiger partial charge in [0.05, 0.1) is 24.9 Å². The molecule has 6 heteroatoms. The van der Waals surface area contributed by atoms with E-state index < -0.39 is 0 Å². The van der Waals surface area contributed by atoms with Crippen molar-refractivity contribution in [2.45, 2.75) is 96.0 Å². The third-order valence-electron chi connectivity index (χ3n) is 7.58. The number of likely N-dealkylation sites (tertiary alicyclic amines) is 1. The highest BCUT2D eigenvalue weighted by atomic mass is 16.5. The number of nitrogens with zero attached hydrogens (tertiary/aromatic N) is 2. The fourth-order valence-corrected chi connectivity index (χ4v) is 5.60. The minimum atomic E-state index is 0.316. The van der Waals surface area contributed by atoms with E-state index in [-0.39, 0.29) is 0 Å². The van der Waals surface area contributed by atoms with Gasteiger partial charge in [-0.25, -0.2) is 0 Å². The largest absolute Gasteiger partial charge is 0.378 e. The average molecular weight is 408 g/mol. The van der Waals surface area contributed by atoms with Crippen LogP contribution in [0.1, 0.15) is 71.6 Å². The summed E-state index contributed by atoms with van der Waals surface area (Å²) in [4.78, 5) is 7.28. The molecule has 4 rings (SSSR count). The Balaban J connectivity index is 1.24. The molecule has 1 N–H and O–H groups in total. The summed E-state index contributed by atoms with van der Waals surface area (Å²) < 4.78 is 18.0. The lowest BCUT2D eigenvalue weighted by Crippen LogP contribution is -2.69. The van der Waals surface area contributed by atoms with Gasteiger partial charge < -0.3 is 24.4 Å². The van der Waals surface area contributed by atoms with Crippen molar-refractivity contribution in [3.8, 4) is 0 Å². The lowest BCUT2D eigenvalue weighted by molar-refractivity contribution is -0.169. The highest BCUT2D eigenvalue weighted by Gasteiger charge is 2.59. The molecular weight excluding hydrogens is 366 g/mol. The molecule has 2 aliphatic heterocycles. The van der Waals surface area contributed by atoms with Crippen LogP contribution in [-0.4, -0.2) is 74.7 Å². The van der Waals surface area contributed by atoms with E-state index in [9.17, 15) is 0 Å².